The van der Waals surface area contributed by atoms with Crippen LogP contribution in [-0.4, -0.2) is 34.9 Å². The van der Waals surface area contributed by atoms with E-state index in [0.29, 0.717) is 12.8 Å². The van der Waals surface area contributed by atoms with Crippen molar-refractivity contribution in [1.29, 1.82) is 0 Å². The maximum Gasteiger partial charge on any atom is 0.314 e. The molecule has 1 heterocycles. The van der Waals surface area contributed by atoms with Crippen LogP contribution in [0.25, 0.3) is 0 Å². The smallest absolute Gasteiger partial charge is 0.314 e. The van der Waals surface area contributed by atoms with Crippen molar-refractivity contribution >= 4 is 5.97 Å². The van der Waals surface area contributed by atoms with E-state index in [2.05, 4.69) is 33.0 Å². The molecular formula is C14H27NO3. The monoisotopic (exact) mass is 257 g/mol. The van der Waals surface area contributed by atoms with E-state index in [0.717, 1.165) is 0 Å². The molecule has 18 heavy (non-hydrogen) atoms. The van der Waals surface area contributed by atoms with Gasteiger partial charge < -0.3 is 15.2 Å². The lowest BCUT2D eigenvalue weighted by molar-refractivity contribution is -0.169. The largest absolute Gasteiger partial charge is 0.462 e. The van der Waals surface area contributed by atoms with Crippen LogP contribution in [0.15, 0.2) is 0 Å². The van der Waals surface area contributed by atoms with Crippen LogP contribution < -0.4 is 5.32 Å². The average Bonchev–Trinajstić information content (AvgIpc) is 2.11. The first-order valence-corrected chi connectivity index (χ1v) is 6.63. The van der Waals surface area contributed by atoms with Gasteiger partial charge in [0.25, 0.3) is 0 Å². The topological polar surface area (TPSA) is 58.6 Å². The van der Waals surface area contributed by atoms with Crippen LogP contribution in [0, 0.1) is 5.41 Å². The van der Waals surface area contributed by atoms with Gasteiger partial charge in [-0.3, -0.25) is 4.79 Å². The van der Waals surface area contributed by atoms with Gasteiger partial charge in [0, 0.05) is 11.1 Å². The SMILES string of the molecule is CC(C)OC(=O)C1(CO)CC(C)(C)NC(C)(C)C1. The zero-order valence-electron chi connectivity index (χ0n) is 12.5. The van der Waals surface area contributed by atoms with E-state index in [1.54, 1.807) is 0 Å². The normalized spacial score (nSPS) is 24.9. The van der Waals surface area contributed by atoms with Crippen molar-refractivity contribution in [3.8, 4) is 0 Å². The summed E-state index contributed by atoms with van der Waals surface area (Å²) in [6, 6.07) is 0. The van der Waals surface area contributed by atoms with Gasteiger partial charge in [-0.2, -0.15) is 0 Å². The zero-order chi connectivity index (χ0) is 14.2. The Morgan fingerprint density at radius 1 is 1.22 bits per heavy atom. The molecule has 0 amide bonds. The van der Waals surface area contributed by atoms with E-state index in [-0.39, 0.29) is 29.8 Å². The van der Waals surface area contributed by atoms with Gasteiger partial charge in [0.05, 0.1) is 18.1 Å². The minimum atomic E-state index is -0.789. The fourth-order valence-electron chi connectivity index (χ4n) is 3.42. The van der Waals surface area contributed by atoms with Gasteiger partial charge in [0.15, 0.2) is 0 Å². The molecule has 0 aromatic heterocycles. The van der Waals surface area contributed by atoms with Crippen LogP contribution in [0.4, 0.5) is 0 Å². The number of rotatable bonds is 3. The van der Waals surface area contributed by atoms with Gasteiger partial charge in [-0.05, 0) is 54.4 Å². The number of piperidine rings is 1. The number of esters is 1. The molecule has 0 atom stereocenters. The molecule has 4 heteroatoms. The maximum absolute atomic E-state index is 12.3. The number of nitrogens with one attached hydrogen (secondary N) is 1. The second-order valence-corrected chi connectivity index (χ2v) is 7.14. The second-order valence-electron chi connectivity index (χ2n) is 7.14. The molecule has 0 saturated carbocycles. The van der Waals surface area contributed by atoms with Gasteiger partial charge in [0.1, 0.15) is 0 Å². The van der Waals surface area contributed by atoms with Crippen LogP contribution in [0.2, 0.25) is 0 Å². The summed E-state index contributed by atoms with van der Waals surface area (Å²) in [5, 5.41) is 13.3. The number of hydrogen-bond acceptors (Lipinski definition) is 4. The lowest BCUT2D eigenvalue weighted by atomic mass is 9.66. The minimum absolute atomic E-state index is 0.151. The minimum Gasteiger partial charge on any atom is -0.462 e. The molecule has 1 fully saturated rings. The molecule has 0 unspecified atom stereocenters. The highest BCUT2D eigenvalue weighted by Crippen LogP contribution is 2.43. The summed E-state index contributed by atoms with van der Waals surface area (Å²) in [7, 11) is 0. The molecule has 1 rings (SSSR count). The molecule has 1 saturated heterocycles. The molecule has 106 valence electrons. The number of aliphatic hydroxyl groups excluding tert-OH is 1. The lowest BCUT2D eigenvalue weighted by Gasteiger charge is -2.51. The van der Waals surface area contributed by atoms with Crippen molar-refractivity contribution in [3.05, 3.63) is 0 Å². The molecule has 4 nitrogen and oxygen atoms in total. The summed E-state index contributed by atoms with van der Waals surface area (Å²) in [6.45, 7) is 11.7. The molecule has 0 aliphatic carbocycles. The van der Waals surface area contributed by atoms with Crippen molar-refractivity contribution in [2.75, 3.05) is 6.61 Å². The molecule has 0 radical (unpaired) electrons. The van der Waals surface area contributed by atoms with Crippen LogP contribution in [0.1, 0.15) is 54.4 Å². The standard InChI is InChI=1S/C14H27NO3/c1-10(2)18-11(17)14(9-16)7-12(3,4)15-13(5,6)8-14/h10,15-16H,7-9H2,1-6H3. The summed E-state index contributed by atoms with van der Waals surface area (Å²) in [4.78, 5) is 12.3. The second kappa shape index (κ2) is 4.82. The van der Waals surface area contributed by atoms with Crippen LogP contribution >= 0.6 is 0 Å². The quantitative estimate of drug-likeness (QED) is 0.758. The summed E-state index contributed by atoms with van der Waals surface area (Å²) < 4.78 is 5.34. The van der Waals surface area contributed by atoms with Crippen molar-refractivity contribution in [1.82, 2.24) is 5.32 Å². The van der Waals surface area contributed by atoms with Gasteiger partial charge in [-0.1, -0.05) is 0 Å². The maximum atomic E-state index is 12.3. The van der Waals surface area contributed by atoms with E-state index in [9.17, 15) is 9.90 Å². The van der Waals surface area contributed by atoms with E-state index >= 15 is 0 Å². The third-order valence-corrected chi connectivity index (χ3v) is 3.32. The summed E-state index contributed by atoms with van der Waals surface area (Å²) >= 11 is 0. The van der Waals surface area contributed by atoms with Crippen LogP contribution in [0.3, 0.4) is 0 Å². The number of aliphatic hydroxyl groups is 1. The molecule has 0 spiro atoms. The summed E-state index contributed by atoms with van der Waals surface area (Å²) in [6.07, 6.45) is 1.03. The van der Waals surface area contributed by atoms with Gasteiger partial charge in [0.2, 0.25) is 0 Å². The van der Waals surface area contributed by atoms with Crippen molar-refractivity contribution in [2.45, 2.75) is 71.6 Å². The summed E-state index contributed by atoms with van der Waals surface area (Å²) in [5.41, 5.74) is -1.18. The van der Waals surface area contributed by atoms with Crippen molar-refractivity contribution < 1.29 is 14.6 Å². The first kappa shape index (κ1) is 15.4. The molecule has 0 bridgehead atoms. The van der Waals surface area contributed by atoms with E-state index in [1.165, 1.54) is 0 Å². The molecular weight excluding hydrogens is 230 g/mol. The fraction of sp³-hybridized carbons (Fsp3) is 0.929. The Balaban J connectivity index is 3.02. The van der Waals surface area contributed by atoms with Gasteiger partial charge in [-0.25, -0.2) is 0 Å². The molecule has 0 aromatic carbocycles. The highest BCUT2D eigenvalue weighted by atomic mass is 16.5. The highest BCUT2D eigenvalue weighted by Gasteiger charge is 2.52. The predicted molar refractivity (Wildman–Crippen MR) is 71.3 cm³/mol. The molecule has 1 aliphatic heterocycles. The van der Waals surface area contributed by atoms with E-state index in [4.69, 9.17) is 4.74 Å². The van der Waals surface area contributed by atoms with Crippen molar-refractivity contribution in [2.24, 2.45) is 5.41 Å². The Bertz CT molecular complexity index is 305. The number of ether oxygens (including phenoxy) is 1. The van der Waals surface area contributed by atoms with Crippen molar-refractivity contribution in [3.63, 3.8) is 0 Å². The van der Waals surface area contributed by atoms with Gasteiger partial charge >= 0.3 is 5.97 Å². The molecule has 2 N–H and O–H groups in total. The predicted octanol–water partition coefficient (Wildman–Crippen LogP) is 1.86. The Labute approximate surface area is 110 Å². The number of carbonyl (C=O) groups is 1. The Morgan fingerprint density at radius 3 is 2.00 bits per heavy atom. The Morgan fingerprint density at radius 2 is 1.67 bits per heavy atom. The van der Waals surface area contributed by atoms with E-state index < -0.39 is 5.41 Å². The van der Waals surface area contributed by atoms with Gasteiger partial charge in [-0.15, -0.1) is 0 Å². The Kier molecular flexibility index (Phi) is 4.13. The third-order valence-electron chi connectivity index (χ3n) is 3.32. The third kappa shape index (κ3) is 3.45. The van der Waals surface area contributed by atoms with E-state index in [1.807, 2.05) is 13.8 Å². The number of carbonyl (C=O) groups excluding carboxylic acids is 1. The van der Waals surface area contributed by atoms with Crippen LogP contribution in [0.5, 0.6) is 0 Å². The average molecular weight is 257 g/mol. The lowest BCUT2D eigenvalue weighted by Crippen LogP contribution is -2.64. The summed E-state index contributed by atoms with van der Waals surface area (Å²) in [5.74, 6) is -0.275. The van der Waals surface area contributed by atoms with Crippen LogP contribution in [-0.2, 0) is 9.53 Å². The molecule has 1 aliphatic rings. The first-order valence-electron chi connectivity index (χ1n) is 6.63. The number of hydrogen-bond donors (Lipinski definition) is 2. The first-order chi connectivity index (χ1) is 8.02. The molecule has 0 aromatic rings. The fourth-order valence-corrected chi connectivity index (χ4v) is 3.42. The Hall–Kier alpha value is -0.610. The zero-order valence-corrected chi connectivity index (χ0v) is 12.5. The highest BCUT2D eigenvalue weighted by molar-refractivity contribution is 5.77.